The number of fused-ring (bicyclic) bond motifs is 1. The maximum absolute atomic E-state index is 5.30. The molecule has 0 aliphatic heterocycles. The molecule has 0 aliphatic rings. The summed E-state index contributed by atoms with van der Waals surface area (Å²) in [6.45, 7) is 1.98. The number of nitrogens with zero attached hydrogens (tertiary/aromatic N) is 5. The summed E-state index contributed by atoms with van der Waals surface area (Å²) in [6, 6.07) is 5.81. The van der Waals surface area contributed by atoms with Crippen LogP contribution in [0.1, 0.15) is 5.69 Å². The lowest BCUT2D eigenvalue weighted by atomic mass is 10.2. The second kappa shape index (κ2) is 5.68. The summed E-state index contributed by atoms with van der Waals surface area (Å²) in [6.07, 6.45) is 3.72. The molecule has 120 valence electrons. The van der Waals surface area contributed by atoms with Crippen LogP contribution in [0.15, 0.2) is 36.0 Å². The predicted octanol–water partition coefficient (Wildman–Crippen LogP) is 3.47. The first-order valence-corrected chi connectivity index (χ1v) is 8.29. The molecule has 0 bridgehead atoms. The van der Waals surface area contributed by atoms with Crippen molar-refractivity contribution in [1.82, 2.24) is 24.5 Å². The van der Waals surface area contributed by atoms with Crippen molar-refractivity contribution >= 4 is 22.2 Å². The quantitative estimate of drug-likeness (QED) is 0.573. The normalized spacial score (nSPS) is 11.1. The van der Waals surface area contributed by atoms with Gasteiger partial charge in [0.1, 0.15) is 16.5 Å². The molecule has 4 rings (SSSR count). The Morgan fingerprint density at radius 1 is 1.17 bits per heavy atom. The molecule has 7 heteroatoms. The van der Waals surface area contributed by atoms with Gasteiger partial charge in [0.25, 0.3) is 0 Å². The molecule has 0 amide bonds. The van der Waals surface area contributed by atoms with Crippen LogP contribution in [0.2, 0.25) is 0 Å². The van der Waals surface area contributed by atoms with Crippen LogP contribution in [0.3, 0.4) is 0 Å². The number of benzene rings is 1. The van der Waals surface area contributed by atoms with Gasteiger partial charge in [-0.1, -0.05) is 0 Å². The van der Waals surface area contributed by atoms with E-state index in [1.54, 1.807) is 24.6 Å². The molecule has 6 nitrogen and oxygen atoms in total. The molecule has 0 unspecified atom stereocenters. The van der Waals surface area contributed by atoms with Gasteiger partial charge in [-0.25, -0.2) is 19.9 Å². The molecular formula is C17H15N5OS. The molecule has 0 radical (unpaired) electrons. The monoisotopic (exact) mass is 337 g/mol. The molecule has 0 atom stereocenters. The molecule has 0 saturated heterocycles. The fraction of sp³-hybridized carbons (Fsp3) is 0.176. The van der Waals surface area contributed by atoms with E-state index in [-0.39, 0.29) is 0 Å². The van der Waals surface area contributed by atoms with E-state index in [0.29, 0.717) is 11.6 Å². The van der Waals surface area contributed by atoms with Gasteiger partial charge in [-0.05, 0) is 19.1 Å². The summed E-state index contributed by atoms with van der Waals surface area (Å²) in [7, 11) is 3.59. The second-order valence-electron chi connectivity index (χ2n) is 5.41. The Kier molecular flexibility index (Phi) is 3.50. The molecular weight excluding hydrogens is 322 g/mol. The van der Waals surface area contributed by atoms with Crippen LogP contribution >= 0.6 is 11.3 Å². The van der Waals surface area contributed by atoms with E-state index in [2.05, 4.69) is 19.9 Å². The number of aromatic nitrogens is 5. The molecule has 0 N–H and O–H groups in total. The smallest absolute Gasteiger partial charge is 0.196 e. The van der Waals surface area contributed by atoms with Crippen molar-refractivity contribution in [3.8, 4) is 28.1 Å². The number of aryl methyl sites for hydroxylation is 2. The molecule has 1 aromatic carbocycles. The highest BCUT2D eigenvalue weighted by molar-refractivity contribution is 7.13. The number of thiazole rings is 1. The van der Waals surface area contributed by atoms with E-state index < -0.39 is 0 Å². The van der Waals surface area contributed by atoms with E-state index in [0.717, 1.165) is 33.0 Å². The maximum Gasteiger partial charge on any atom is 0.196 e. The summed E-state index contributed by atoms with van der Waals surface area (Å²) in [4.78, 5) is 18.3. The van der Waals surface area contributed by atoms with E-state index in [1.165, 1.54) is 0 Å². The third kappa shape index (κ3) is 2.43. The lowest BCUT2D eigenvalue weighted by molar-refractivity contribution is 0.415. The highest BCUT2D eigenvalue weighted by atomic mass is 32.1. The number of hydrogen-bond acceptors (Lipinski definition) is 6. The topological polar surface area (TPSA) is 65.7 Å². The van der Waals surface area contributed by atoms with Gasteiger partial charge >= 0.3 is 0 Å². The molecule has 4 aromatic rings. The first kappa shape index (κ1) is 14.8. The minimum Gasteiger partial charge on any atom is -0.497 e. The number of methoxy groups -OCH3 is 1. The zero-order chi connectivity index (χ0) is 16.7. The average Bonchev–Trinajstić information content (AvgIpc) is 3.23. The number of rotatable bonds is 3. The van der Waals surface area contributed by atoms with Crippen molar-refractivity contribution in [1.29, 1.82) is 0 Å². The first-order valence-electron chi connectivity index (χ1n) is 7.41. The zero-order valence-electron chi connectivity index (χ0n) is 13.5. The Balaban J connectivity index is 1.87. The molecule has 3 heterocycles. The van der Waals surface area contributed by atoms with Gasteiger partial charge in [0.15, 0.2) is 11.6 Å². The predicted molar refractivity (Wildman–Crippen MR) is 94.1 cm³/mol. The number of ether oxygens (including phenoxy) is 1. The molecule has 0 spiro atoms. The Hall–Kier alpha value is -2.80. The van der Waals surface area contributed by atoms with Gasteiger partial charge in [0.2, 0.25) is 0 Å². The minimum absolute atomic E-state index is 0.596. The van der Waals surface area contributed by atoms with Gasteiger partial charge in [0, 0.05) is 42.0 Å². The molecule has 24 heavy (non-hydrogen) atoms. The van der Waals surface area contributed by atoms with Crippen molar-refractivity contribution < 1.29 is 4.74 Å². The van der Waals surface area contributed by atoms with E-state index >= 15 is 0 Å². The van der Waals surface area contributed by atoms with Crippen LogP contribution in [-0.4, -0.2) is 31.6 Å². The standard InChI is InChI=1S/C17H15N5OS/c1-10-12-5-4-11(23-3)8-13(12)20-15(19-10)16-21-14(9-22(16)2)17-18-6-7-24-17/h4-9H,1-3H3. The first-order chi connectivity index (χ1) is 11.7. The van der Waals surface area contributed by atoms with E-state index in [4.69, 9.17) is 4.74 Å². The Morgan fingerprint density at radius 3 is 2.79 bits per heavy atom. The van der Waals surface area contributed by atoms with E-state index in [1.807, 2.05) is 48.3 Å². The van der Waals surface area contributed by atoms with Gasteiger partial charge < -0.3 is 9.30 Å². The Labute approximate surface area is 142 Å². The SMILES string of the molecule is COc1ccc2c(C)nc(-c3nc(-c4nccs4)cn3C)nc2c1. The largest absolute Gasteiger partial charge is 0.497 e. The van der Waals surface area contributed by atoms with E-state index in [9.17, 15) is 0 Å². The van der Waals surface area contributed by atoms with Crippen molar-refractivity contribution in [2.24, 2.45) is 7.05 Å². The Bertz CT molecular complexity index is 1020. The van der Waals surface area contributed by atoms with Crippen LogP contribution in [0.25, 0.3) is 33.3 Å². The zero-order valence-corrected chi connectivity index (χ0v) is 14.3. The van der Waals surface area contributed by atoms with Gasteiger partial charge in [0.05, 0.1) is 12.6 Å². The fourth-order valence-electron chi connectivity index (χ4n) is 2.62. The van der Waals surface area contributed by atoms with Crippen molar-refractivity contribution in [2.75, 3.05) is 7.11 Å². The highest BCUT2D eigenvalue weighted by Gasteiger charge is 2.15. The lowest BCUT2D eigenvalue weighted by Crippen LogP contribution is -1.99. The van der Waals surface area contributed by atoms with Crippen LogP contribution in [0, 0.1) is 6.92 Å². The number of hydrogen-bond donors (Lipinski definition) is 0. The average molecular weight is 337 g/mol. The molecule has 0 aliphatic carbocycles. The second-order valence-corrected chi connectivity index (χ2v) is 6.31. The highest BCUT2D eigenvalue weighted by Crippen LogP contribution is 2.27. The third-order valence-corrected chi connectivity index (χ3v) is 4.62. The summed E-state index contributed by atoms with van der Waals surface area (Å²) in [5.74, 6) is 2.08. The number of imidazole rings is 1. The van der Waals surface area contributed by atoms with Crippen LogP contribution in [0.5, 0.6) is 5.75 Å². The van der Waals surface area contributed by atoms with Gasteiger partial charge in [-0.15, -0.1) is 11.3 Å². The Morgan fingerprint density at radius 2 is 2.04 bits per heavy atom. The third-order valence-electron chi connectivity index (χ3n) is 3.82. The molecule has 0 fully saturated rings. The van der Waals surface area contributed by atoms with Crippen molar-refractivity contribution in [3.63, 3.8) is 0 Å². The lowest BCUT2D eigenvalue weighted by Gasteiger charge is -2.07. The summed E-state index contributed by atoms with van der Waals surface area (Å²) >= 11 is 1.56. The fourth-order valence-corrected chi connectivity index (χ4v) is 3.21. The summed E-state index contributed by atoms with van der Waals surface area (Å²) < 4.78 is 7.22. The van der Waals surface area contributed by atoms with Gasteiger partial charge in [-0.3, -0.25) is 0 Å². The van der Waals surface area contributed by atoms with Crippen LogP contribution in [0.4, 0.5) is 0 Å². The minimum atomic E-state index is 0.596. The van der Waals surface area contributed by atoms with Gasteiger partial charge in [-0.2, -0.15) is 0 Å². The van der Waals surface area contributed by atoms with Crippen LogP contribution < -0.4 is 4.74 Å². The van der Waals surface area contributed by atoms with Crippen molar-refractivity contribution in [2.45, 2.75) is 6.92 Å². The summed E-state index contributed by atoms with van der Waals surface area (Å²) in [5.41, 5.74) is 2.58. The van der Waals surface area contributed by atoms with Crippen LogP contribution in [-0.2, 0) is 7.05 Å². The van der Waals surface area contributed by atoms with Crippen molar-refractivity contribution in [3.05, 3.63) is 41.7 Å². The maximum atomic E-state index is 5.30. The summed E-state index contributed by atoms with van der Waals surface area (Å²) in [5, 5.41) is 3.83. The molecule has 0 saturated carbocycles. The molecule has 3 aromatic heterocycles.